The summed E-state index contributed by atoms with van der Waals surface area (Å²) < 4.78 is 0. The molecule has 0 aliphatic heterocycles. The second kappa shape index (κ2) is 12.1. The van der Waals surface area contributed by atoms with Gasteiger partial charge in [0.25, 0.3) is 0 Å². The zero-order chi connectivity index (χ0) is 17.4. The number of aromatic nitrogens is 1. The average Bonchev–Trinajstić information content (AvgIpc) is 2.99. The molecule has 1 saturated carbocycles. The van der Waals surface area contributed by atoms with Crippen LogP contribution in [0.4, 0.5) is 0 Å². The highest BCUT2D eigenvalue weighted by molar-refractivity contribution is 14.0. The van der Waals surface area contributed by atoms with Crippen LogP contribution in [0.5, 0.6) is 0 Å². The number of thiazole rings is 1. The summed E-state index contributed by atoms with van der Waals surface area (Å²) in [6.07, 6.45) is 9.78. The van der Waals surface area contributed by atoms with Crippen molar-refractivity contribution in [3.63, 3.8) is 0 Å². The first kappa shape index (κ1) is 22.6. The van der Waals surface area contributed by atoms with Gasteiger partial charge in [-0.3, -0.25) is 4.99 Å². The van der Waals surface area contributed by atoms with Crippen molar-refractivity contribution in [1.82, 2.24) is 20.5 Å². The Labute approximate surface area is 174 Å². The van der Waals surface area contributed by atoms with Crippen LogP contribution in [0.1, 0.15) is 42.0 Å². The maximum Gasteiger partial charge on any atom is 0.191 e. The molecule has 144 valence electrons. The molecule has 0 aromatic carbocycles. The van der Waals surface area contributed by atoms with Gasteiger partial charge < -0.3 is 15.5 Å². The molecule has 0 saturated heterocycles. The maximum atomic E-state index is 4.41. The molecular weight excluding hydrogens is 445 g/mol. The normalized spacial score (nSPS) is 17.2. The molecule has 0 spiro atoms. The monoisotopic (exact) mass is 479 g/mol. The third kappa shape index (κ3) is 7.78. The molecule has 2 rings (SSSR count). The van der Waals surface area contributed by atoms with Crippen molar-refractivity contribution in [3.05, 3.63) is 16.1 Å². The number of nitrogens with one attached hydrogen (secondary N) is 2. The first-order chi connectivity index (χ1) is 11.6. The molecule has 1 aliphatic carbocycles. The van der Waals surface area contributed by atoms with Crippen LogP contribution in [-0.2, 0) is 6.42 Å². The predicted molar refractivity (Wildman–Crippen MR) is 119 cm³/mol. The molecule has 25 heavy (non-hydrogen) atoms. The van der Waals surface area contributed by atoms with Gasteiger partial charge in [0, 0.05) is 43.7 Å². The van der Waals surface area contributed by atoms with Crippen molar-refractivity contribution in [2.75, 3.05) is 34.2 Å². The van der Waals surface area contributed by atoms with Gasteiger partial charge in [0.2, 0.25) is 0 Å². The van der Waals surface area contributed by atoms with Gasteiger partial charge in [-0.25, -0.2) is 4.98 Å². The first-order valence-corrected chi connectivity index (χ1v) is 9.94. The lowest BCUT2D eigenvalue weighted by Crippen LogP contribution is -2.48. The molecule has 5 nitrogen and oxygen atoms in total. The molecule has 1 heterocycles. The van der Waals surface area contributed by atoms with E-state index in [2.05, 4.69) is 46.5 Å². The summed E-state index contributed by atoms with van der Waals surface area (Å²) >= 11 is 1.77. The fraction of sp³-hybridized carbons (Fsp3) is 0.778. The Kier molecular flexibility index (Phi) is 10.9. The number of likely N-dealkylation sites (N-methyl/N-ethyl adjacent to an activating group) is 1. The van der Waals surface area contributed by atoms with E-state index in [1.165, 1.54) is 42.0 Å². The number of aryl methyl sites for hydroxylation is 1. The highest BCUT2D eigenvalue weighted by Crippen LogP contribution is 2.28. The van der Waals surface area contributed by atoms with Crippen LogP contribution >= 0.6 is 35.3 Å². The maximum absolute atomic E-state index is 4.41. The standard InChI is InChI=1S/C18H33N5S.HI/c1-14-12-21-17(24-14)10-11-20-18(19-2)22-13-16(23(3)4)15-8-6-5-7-9-15;/h12,15-16H,5-11,13H2,1-4H3,(H2,19,20,22);1H. The highest BCUT2D eigenvalue weighted by Gasteiger charge is 2.25. The zero-order valence-corrected chi connectivity index (χ0v) is 19.2. The summed E-state index contributed by atoms with van der Waals surface area (Å²) in [5, 5.41) is 8.12. The van der Waals surface area contributed by atoms with Crippen LogP contribution in [0, 0.1) is 12.8 Å². The summed E-state index contributed by atoms with van der Waals surface area (Å²) in [5.41, 5.74) is 0. The largest absolute Gasteiger partial charge is 0.356 e. The number of hydrogen-bond donors (Lipinski definition) is 2. The van der Waals surface area contributed by atoms with Gasteiger partial charge in [-0.15, -0.1) is 35.3 Å². The number of halogens is 1. The third-order valence-electron chi connectivity index (χ3n) is 4.86. The van der Waals surface area contributed by atoms with Crippen LogP contribution in [-0.4, -0.2) is 56.1 Å². The minimum absolute atomic E-state index is 0. The lowest BCUT2D eigenvalue weighted by Gasteiger charge is -2.35. The molecule has 2 N–H and O–H groups in total. The molecule has 0 radical (unpaired) electrons. The smallest absolute Gasteiger partial charge is 0.191 e. The Hall–Kier alpha value is -0.410. The van der Waals surface area contributed by atoms with Crippen molar-refractivity contribution in [3.8, 4) is 0 Å². The molecule has 1 aliphatic rings. The minimum atomic E-state index is 0. The molecule has 1 fully saturated rings. The van der Waals surface area contributed by atoms with Gasteiger partial charge >= 0.3 is 0 Å². The Morgan fingerprint density at radius 3 is 2.60 bits per heavy atom. The SMILES string of the molecule is CN=C(NCCc1ncc(C)s1)NCC(C1CCCCC1)N(C)C.I. The van der Waals surface area contributed by atoms with Gasteiger partial charge in [0.15, 0.2) is 5.96 Å². The fourth-order valence-electron chi connectivity index (χ4n) is 3.52. The quantitative estimate of drug-likeness (QED) is 0.358. The molecule has 1 atom stereocenters. The van der Waals surface area contributed by atoms with Crippen LogP contribution in [0.15, 0.2) is 11.2 Å². The molecule has 1 aromatic rings. The molecule has 7 heteroatoms. The van der Waals surface area contributed by atoms with Gasteiger partial charge in [-0.1, -0.05) is 19.3 Å². The predicted octanol–water partition coefficient (Wildman–Crippen LogP) is 3.29. The second-order valence-corrected chi connectivity index (χ2v) is 8.24. The number of guanidine groups is 1. The summed E-state index contributed by atoms with van der Waals surface area (Å²) in [7, 11) is 6.23. The Morgan fingerprint density at radius 2 is 2.04 bits per heavy atom. The van der Waals surface area contributed by atoms with E-state index in [0.29, 0.717) is 6.04 Å². The van der Waals surface area contributed by atoms with Crippen molar-refractivity contribution in [2.24, 2.45) is 10.9 Å². The second-order valence-electron chi connectivity index (χ2n) is 6.92. The van der Waals surface area contributed by atoms with E-state index in [1.54, 1.807) is 11.3 Å². The highest BCUT2D eigenvalue weighted by atomic mass is 127. The van der Waals surface area contributed by atoms with Crippen LogP contribution < -0.4 is 10.6 Å². The van der Waals surface area contributed by atoms with Gasteiger partial charge in [0.1, 0.15) is 0 Å². The minimum Gasteiger partial charge on any atom is -0.356 e. The van der Waals surface area contributed by atoms with E-state index in [-0.39, 0.29) is 24.0 Å². The van der Waals surface area contributed by atoms with Gasteiger partial charge in [0.05, 0.1) is 5.01 Å². The van der Waals surface area contributed by atoms with Crippen molar-refractivity contribution in [2.45, 2.75) is 51.5 Å². The summed E-state index contributed by atoms with van der Waals surface area (Å²) in [5.74, 6) is 1.70. The molecule has 0 bridgehead atoms. The Morgan fingerprint density at radius 1 is 1.32 bits per heavy atom. The van der Waals surface area contributed by atoms with Crippen molar-refractivity contribution in [1.29, 1.82) is 0 Å². The van der Waals surface area contributed by atoms with Crippen LogP contribution in [0.2, 0.25) is 0 Å². The van der Waals surface area contributed by atoms with E-state index in [0.717, 1.165) is 31.4 Å². The van der Waals surface area contributed by atoms with E-state index in [1.807, 2.05) is 13.2 Å². The van der Waals surface area contributed by atoms with Gasteiger partial charge in [-0.05, 0) is 39.8 Å². The van der Waals surface area contributed by atoms with Crippen molar-refractivity contribution < 1.29 is 0 Å². The number of nitrogens with zero attached hydrogens (tertiary/aromatic N) is 3. The lowest BCUT2D eigenvalue weighted by molar-refractivity contribution is 0.171. The topological polar surface area (TPSA) is 52.6 Å². The zero-order valence-electron chi connectivity index (χ0n) is 16.0. The van der Waals surface area contributed by atoms with E-state index in [9.17, 15) is 0 Å². The third-order valence-corrected chi connectivity index (χ3v) is 5.83. The van der Waals surface area contributed by atoms with E-state index < -0.39 is 0 Å². The number of hydrogen-bond acceptors (Lipinski definition) is 4. The fourth-order valence-corrected chi connectivity index (χ4v) is 4.30. The molecule has 1 aromatic heterocycles. The molecular formula is C18H34IN5S. The number of aliphatic imine (C=N–C) groups is 1. The Bertz CT molecular complexity index is 511. The van der Waals surface area contributed by atoms with E-state index >= 15 is 0 Å². The summed E-state index contributed by atoms with van der Waals surface area (Å²) in [6, 6.07) is 0.575. The van der Waals surface area contributed by atoms with Crippen LogP contribution in [0.25, 0.3) is 0 Å². The lowest BCUT2D eigenvalue weighted by atomic mass is 9.83. The summed E-state index contributed by atoms with van der Waals surface area (Å²) in [4.78, 5) is 12.4. The summed E-state index contributed by atoms with van der Waals surface area (Å²) in [6.45, 7) is 3.91. The number of rotatable bonds is 7. The molecule has 0 amide bonds. The average molecular weight is 479 g/mol. The molecule has 1 unspecified atom stereocenters. The van der Waals surface area contributed by atoms with Gasteiger partial charge in [-0.2, -0.15) is 0 Å². The van der Waals surface area contributed by atoms with Crippen molar-refractivity contribution >= 4 is 41.3 Å². The van der Waals surface area contributed by atoms with Crippen LogP contribution in [0.3, 0.4) is 0 Å². The van der Waals surface area contributed by atoms with E-state index in [4.69, 9.17) is 0 Å². The Balaban J connectivity index is 0.00000312. The first-order valence-electron chi connectivity index (χ1n) is 9.12.